The van der Waals surface area contributed by atoms with Crippen molar-refractivity contribution in [1.29, 1.82) is 0 Å². The minimum Gasteiger partial charge on any atom is -0.504 e. The normalized spacial score (nSPS) is 15.0. The van der Waals surface area contributed by atoms with E-state index in [-0.39, 0.29) is 28.6 Å². The van der Waals surface area contributed by atoms with Gasteiger partial charge in [0.25, 0.3) is 0 Å². The zero-order valence-electron chi connectivity index (χ0n) is 12.0. The second kappa shape index (κ2) is 4.88. The molecular weight excluding hydrogens is 292 g/mol. The number of fused-ring (bicyclic) bond motifs is 2. The molecule has 0 aromatic heterocycles. The van der Waals surface area contributed by atoms with Crippen LogP contribution in [0.4, 0.5) is 0 Å². The van der Waals surface area contributed by atoms with Crippen molar-refractivity contribution in [2.75, 3.05) is 0 Å². The smallest absolute Gasteiger partial charge is 0.232 e. The lowest BCUT2D eigenvalue weighted by atomic mass is 10.1. The van der Waals surface area contributed by atoms with Crippen LogP contribution in [-0.2, 0) is 0 Å². The van der Waals surface area contributed by atoms with E-state index < -0.39 is 5.75 Å². The van der Waals surface area contributed by atoms with E-state index in [1.54, 1.807) is 6.08 Å². The Labute approximate surface area is 131 Å². The van der Waals surface area contributed by atoms with Crippen molar-refractivity contribution >= 4 is 22.6 Å². The Bertz CT molecular complexity index is 986. The summed E-state index contributed by atoms with van der Waals surface area (Å²) >= 11 is 0. The van der Waals surface area contributed by atoms with Gasteiger partial charge in [-0.3, -0.25) is 4.79 Å². The summed E-state index contributed by atoms with van der Waals surface area (Å²) in [5, 5.41) is 21.5. The molecule has 2 N–H and O–H groups in total. The maximum atomic E-state index is 12.3. The van der Waals surface area contributed by atoms with E-state index >= 15 is 0 Å². The Hall–Kier alpha value is -3.27. The van der Waals surface area contributed by atoms with Gasteiger partial charge < -0.3 is 14.9 Å². The van der Waals surface area contributed by atoms with E-state index in [0.29, 0.717) is 0 Å². The van der Waals surface area contributed by atoms with E-state index in [1.165, 1.54) is 12.1 Å². The molecule has 3 aromatic rings. The summed E-state index contributed by atoms with van der Waals surface area (Å²) in [6.45, 7) is 0. The summed E-state index contributed by atoms with van der Waals surface area (Å²) in [7, 11) is 0. The average molecular weight is 304 g/mol. The standard InChI is InChI=1S/C19H12O4/c20-15-8-7-14-17(21)16(23-19(14)18(15)22)10-11-5-6-12-3-1-2-4-13(12)9-11/h1-10,20,22H/b16-10-. The van der Waals surface area contributed by atoms with Crippen LogP contribution in [0.2, 0.25) is 0 Å². The van der Waals surface area contributed by atoms with Gasteiger partial charge in [-0.25, -0.2) is 0 Å². The lowest BCUT2D eigenvalue weighted by Crippen LogP contribution is -1.97. The van der Waals surface area contributed by atoms with Crippen LogP contribution in [0, 0.1) is 0 Å². The SMILES string of the molecule is O=C1/C(=C/c2ccc3ccccc3c2)Oc2c1ccc(O)c2O. The Balaban J connectivity index is 1.77. The number of rotatable bonds is 1. The molecule has 1 aliphatic rings. The minimum atomic E-state index is -0.419. The van der Waals surface area contributed by atoms with Crippen molar-refractivity contribution in [3.63, 3.8) is 0 Å². The third-order valence-electron chi connectivity index (χ3n) is 3.86. The quantitative estimate of drug-likeness (QED) is 0.529. The molecule has 0 amide bonds. The average Bonchev–Trinajstić information content (AvgIpc) is 2.88. The Kier molecular flexibility index (Phi) is 2.84. The molecule has 4 heteroatoms. The highest BCUT2D eigenvalue weighted by atomic mass is 16.5. The summed E-state index contributed by atoms with van der Waals surface area (Å²) < 4.78 is 5.45. The molecule has 0 aliphatic carbocycles. The first kappa shape index (κ1) is 13.4. The van der Waals surface area contributed by atoms with Gasteiger partial charge in [-0.05, 0) is 40.6 Å². The van der Waals surface area contributed by atoms with E-state index in [9.17, 15) is 15.0 Å². The first-order valence-electron chi connectivity index (χ1n) is 7.11. The number of aromatic hydroxyl groups is 2. The number of carbonyl (C=O) groups is 1. The molecule has 0 radical (unpaired) electrons. The van der Waals surface area contributed by atoms with Crippen LogP contribution >= 0.6 is 0 Å². The zero-order chi connectivity index (χ0) is 16.0. The Morgan fingerprint density at radius 2 is 1.70 bits per heavy atom. The second-order valence-electron chi connectivity index (χ2n) is 5.36. The summed E-state index contributed by atoms with van der Waals surface area (Å²) in [6, 6.07) is 16.5. The topological polar surface area (TPSA) is 66.8 Å². The number of hydrogen-bond donors (Lipinski definition) is 2. The van der Waals surface area contributed by atoms with Crippen molar-refractivity contribution in [2.45, 2.75) is 0 Å². The number of ketones is 1. The zero-order valence-corrected chi connectivity index (χ0v) is 12.0. The van der Waals surface area contributed by atoms with Gasteiger partial charge in [0, 0.05) is 0 Å². The molecule has 1 heterocycles. The van der Waals surface area contributed by atoms with Gasteiger partial charge in [0.15, 0.2) is 17.3 Å². The molecule has 0 atom stereocenters. The number of Topliss-reactive ketones (excluding diaryl/α,β-unsaturated/α-hetero) is 1. The first-order valence-corrected chi connectivity index (χ1v) is 7.11. The largest absolute Gasteiger partial charge is 0.504 e. The predicted molar refractivity (Wildman–Crippen MR) is 86.7 cm³/mol. The van der Waals surface area contributed by atoms with Crippen molar-refractivity contribution in [3.8, 4) is 17.2 Å². The number of allylic oxidation sites excluding steroid dienone is 1. The van der Waals surface area contributed by atoms with Crippen LogP contribution < -0.4 is 4.74 Å². The molecule has 112 valence electrons. The maximum Gasteiger partial charge on any atom is 0.232 e. The molecule has 3 aromatic carbocycles. The Morgan fingerprint density at radius 3 is 2.52 bits per heavy atom. The summed E-state index contributed by atoms with van der Waals surface area (Å²) in [5.41, 5.74) is 1.07. The molecule has 23 heavy (non-hydrogen) atoms. The first-order chi connectivity index (χ1) is 11.1. The monoisotopic (exact) mass is 304 g/mol. The summed E-state index contributed by atoms with van der Waals surface area (Å²) in [5.74, 6) is -0.928. The van der Waals surface area contributed by atoms with Gasteiger partial charge in [0.2, 0.25) is 11.5 Å². The van der Waals surface area contributed by atoms with E-state index in [2.05, 4.69) is 0 Å². The second-order valence-corrected chi connectivity index (χ2v) is 5.36. The Morgan fingerprint density at radius 1 is 0.913 bits per heavy atom. The van der Waals surface area contributed by atoms with Gasteiger partial charge >= 0.3 is 0 Å². The van der Waals surface area contributed by atoms with Crippen molar-refractivity contribution < 1.29 is 19.7 Å². The van der Waals surface area contributed by atoms with E-state index in [4.69, 9.17) is 4.74 Å². The molecule has 1 aliphatic heterocycles. The minimum absolute atomic E-state index is 0.00189. The van der Waals surface area contributed by atoms with Gasteiger partial charge in [0.05, 0.1) is 5.56 Å². The van der Waals surface area contributed by atoms with Crippen LogP contribution in [0.15, 0.2) is 60.4 Å². The summed E-state index contributed by atoms with van der Waals surface area (Å²) in [6.07, 6.45) is 1.63. The highest BCUT2D eigenvalue weighted by Crippen LogP contribution is 2.44. The third kappa shape index (κ3) is 2.12. The molecule has 0 saturated carbocycles. The van der Waals surface area contributed by atoms with E-state index in [1.807, 2.05) is 42.5 Å². The number of ether oxygens (including phenoxy) is 1. The van der Waals surface area contributed by atoms with Gasteiger partial charge in [-0.1, -0.05) is 36.4 Å². The van der Waals surface area contributed by atoms with Gasteiger partial charge in [-0.2, -0.15) is 0 Å². The molecule has 0 spiro atoms. The summed E-state index contributed by atoms with van der Waals surface area (Å²) in [4.78, 5) is 12.3. The number of carbonyl (C=O) groups excluding carboxylic acids is 1. The van der Waals surface area contributed by atoms with Crippen LogP contribution in [-0.4, -0.2) is 16.0 Å². The fraction of sp³-hybridized carbons (Fsp3) is 0. The van der Waals surface area contributed by atoms with Gasteiger partial charge in [-0.15, -0.1) is 0 Å². The fourth-order valence-electron chi connectivity index (χ4n) is 2.68. The molecule has 0 fully saturated rings. The predicted octanol–water partition coefficient (Wildman–Crippen LogP) is 3.87. The van der Waals surface area contributed by atoms with Crippen molar-refractivity contribution in [3.05, 3.63) is 71.5 Å². The van der Waals surface area contributed by atoms with Crippen molar-refractivity contribution in [1.82, 2.24) is 0 Å². The lowest BCUT2D eigenvalue weighted by molar-refractivity contribution is 0.101. The van der Waals surface area contributed by atoms with Crippen LogP contribution in [0.3, 0.4) is 0 Å². The fourth-order valence-corrected chi connectivity index (χ4v) is 2.68. The number of phenolic OH excluding ortho intramolecular Hbond substituents is 2. The molecule has 0 unspecified atom stereocenters. The highest BCUT2D eigenvalue weighted by Gasteiger charge is 2.31. The van der Waals surface area contributed by atoms with Crippen molar-refractivity contribution in [2.24, 2.45) is 0 Å². The van der Waals surface area contributed by atoms with Crippen LogP contribution in [0.5, 0.6) is 17.2 Å². The maximum absolute atomic E-state index is 12.3. The number of phenols is 2. The molecule has 0 saturated heterocycles. The number of hydrogen-bond acceptors (Lipinski definition) is 4. The van der Waals surface area contributed by atoms with Crippen LogP contribution in [0.1, 0.15) is 15.9 Å². The highest BCUT2D eigenvalue weighted by molar-refractivity contribution is 6.15. The van der Waals surface area contributed by atoms with E-state index in [0.717, 1.165) is 16.3 Å². The third-order valence-corrected chi connectivity index (χ3v) is 3.86. The van der Waals surface area contributed by atoms with Crippen LogP contribution in [0.25, 0.3) is 16.8 Å². The lowest BCUT2D eigenvalue weighted by Gasteiger charge is -2.03. The number of benzene rings is 3. The van der Waals surface area contributed by atoms with Gasteiger partial charge in [0.1, 0.15) is 0 Å². The molecule has 0 bridgehead atoms. The molecular formula is C19H12O4. The molecule has 4 rings (SSSR count). The molecule has 4 nitrogen and oxygen atoms in total.